The van der Waals surface area contributed by atoms with Crippen molar-refractivity contribution in [2.45, 2.75) is 0 Å². The molecule has 0 bridgehead atoms. The molecule has 0 radical (unpaired) electrons. The molecule has 0 spiro atoms. The fourth-order valence-electron chi connectivity index (χ4n) is 5.23. The van der Waals surface area contributed by atoms with Crippen LogP contribution >= 0.6 is 0 Å². The molecule has 7 rings (SSSR count). The van der Waals surface area contributed by atoms with Crippen molar-refractivity contribution in [2.75, 3.05) is 0 Å². The molecular formula is C36H30As2O4Si2. The summed E-state index contributed by atoms with van der Waals surface area (Å²) in [4.78, 5) is 0. The molecule has 4 nitrogen and oxygen atoms in total. The molecule has 0 atom stereocenters. The van der Waals surface area contributed by atoms with E-state index in [-0.39, 0.29) is 0 Å². The van der Waals surface area contributed by atoms with Crippen LogP contribution in [0.25, 0.3) is 0 Å². The van der Waals surface area contributed by atoms with Crippen LogP contribution in [-0.2, 0) is 13.7 Å². The van der Waals surface area contributed by atoms with Crippen LogP contribution in [0.3, 0.4) is 0 Å². The van der Waals surface area contributed by atoms with E-state index in [2.05, 4.69) is 146 Å². The standard InChI is InChI=1S/C36H30As2O4Si2/c1-7-19-31(20-8-1)37-39-43(33-23-11-3-12-24-33,34-25-13-4-14-26-34)41-38(32-21-9-2-10-22-32)42-44(40-37,35-27-15-5-16-28-35)36-29-17-6-18-30-36/h1-30H. The van der Waals surface area contributed by atoms with Crippen molar-refractivity contribution in [3.63, 3.8) is 0 Å². The minimum absolute atomic E-state index is 1.04. The molecule has 6 aromatic carbocycles. The van der Waals surface area contributed by atoms with Crippen LogP contribution in [-0.4, -0.2) is 47.8 Å². The predicted octanol–water partition coefficient (Wildman–Crippen LogP) is 3.37. The first-order valence-electron chi connectivity index (χ1n) is 14.5. The first kappa shape index (κ1) is 29.4. The summed E-state index contributed by atoms with van der Waals surface area (Å²) in [7, 11) is -6.74. The van der Waals surface area contributed by atoms with Crippen LogP contribution in [0.1, 0.15) is 0 Å². The van der Waals surface area contributed by atoms with Gasteiger partial charge in [-0.1, -0.05) is 0 Å². The van der Waals surface area contributed by atoms with Gasteiger partial charge in [-0.25, -0.2) is 0 Å². The van der Waals surface area contributed by atoms with E-state index >= 15 is 0 Å². The van der Waals surface area contributed by atoms with Gasteiger partial charge in [0.1, 0.15) is 0 Å². The molecule has 8 heteroatoms. The van der Waals surface area contributed by atoms with E-state index in [9.17, 15) is 0 Å². The quantitative estimate of drug-likeness (QED) is 0.247. The Kier molecular flexibility index (Phi) is 8.94. The van der Waals surface area contributed by atoms with E-state index in [0.29, 0.717) is 0 Å². The fraction of sp³-hybridized carbons (Fsp3) is 0. The van der Waals surface area contributed by atoms with Crippen molar-refractivity contribution >= 4 is 77.2 Å². The van der Waals surface area contributed by atoms with Gasteiger partial charge >= 0.3 is 273 Å². The van der Waals surface area contributed by atoms with Gasteiger partial charge in [-0.05, 0) is 0 Å². The topological polar surface area (TPSA) is 36.9 Å². The van der Waals surface area contributed by atoms with Crippen molar-refractivity contribution in [3.05, 3.63) is 182 Å². The Balaban J connectivity index is 1.51. The Morgan fingerprint density at radius 3 is 0.705 bits per heavy atom. The predicted molar refractivity (Wildman–Crippen MR) is 184 cm³/mol. The monoisotopic (exact) mass is 732 g/mol. The van der Waals surface area contributed by atoms with Crippen molar-refractivity contribution < 1.29 is 13.7 Å². The second kappa shape index (κ2) is 13.4. The number of benzene rings is 6. The van der Waals surface area contributed by atoms with Gasteiger partial charge in [-0.2, -0.15) is 0 Å². The Bertz CT molecular complexity index is 1540. The van der Waals surface area contributed by atoms with Gasteiger partial charge < -0.3 is 0 Å². The second-order valence-electron chi connectivity index (χ2n) is 10.2. The Morgan fingerprint density at radius 1 is 0.273 bits per heavy atom. The summed E-state index contributed by atoms with van der Waals surface area (Å²) in [5, 5.41) is 4.16. The molecule has 0 aliphatic carbocycles. The summed E-state index contributed by atoms with van der Waals surface area (Å²) >= 11 is -5.62. The molecular weight excluding hydrogens is 702 g/mol. The Labute approximate surface area is 271 Å². The molecule has 0 aromatic heterocycles. The van der Waals surface area contributed by atoms with E-state index in [1.807, 2.05) is 36.4 Å². The molecule has 6 aromatic rings. The number of hydrogen-bond acceptors (Lipinski definition) is 4. The van der Waals surface area contributed by atoms with E-state index < -0.39 is 47.8 Å². The zero-order valence-electron chi connectivity index (χ0n) is 23.8. The van der Waals surface area contributed by atoms with Crippen LogP contribution < -0.4 is 29.4 Å². The van der Waals surface area contributed by atoms with Gasteiger partial charge in [0.25, 0.3) is 0 Å². The average molecular weight is 733 g/mol. The van der Waals surface area contributed by atoms with Gasteiger partial charge in [0.2, 0.25) is 0 Å². The third kappa shape index (κ3) is 5.89. The Hall–Kier alpha value is -3.29. The van der Waals surface area contributed by atoms with Crippen LogP contribution in [0.4, 0.5) is 0 Å². The van der Waals surface area contributed by atoms with Crippen molar-refractivity contribution in [1.29, 1.82) is 0 Å². The van der Waals surface area contributed by atoms with Crippen LogP contribution in [0.2, 0.25) is 0 Å². The van der Waals surface area contributed by atoms with E-state index in [1.54, 1.807) is 0 Å². The molecule has 1 aliphatic rings. The Morgan fingerprint density at radius 2 is 0.477 bits per heavy atom. The average Bonchev–Trinajstić information content (AvgIpc) is 3.11. The third-order valence-electron chi connectivity index (χ3n) is 7.40. The maximum absolute atomic E-state index is 7.62. The molecule has 216 valence electrons. The van der Waals surface area contributed by atoms with Crippen molar-refractivity contribution in [3.8, 4) is 0 Å². The zero-order valence-corrected chi connectivity index (χ0v) is 29.6. The fourth-order valence-corrected chi connectivity index (χ4v) is 30.6. The van der Waals surface area contributed by atoms with E-state index in [1.165, 1.54) is 0 Å². The van der Waals surface area contributed by atoms with Crippen molar-refractivity contribution in [1.82, 2.24) is 0 Å². The number of hydrogen-bond donors (Lipinski definition) is 0. The van der Waals surface area contributed by atoms with E-state index in [0.717, 1.165) is 29.4 Å². The summed E-state index contributed by atoms with van der Waals surface area (Å²) in [5.41, 5.74) is 0. The van der Waals surface area contributed by atoms with Crippen LogP contribution in [0.15, 0.2) is 182 Å². The zero-order chi connectivity index (χ0) is 29.7. The van der Waals surface area contributed by atoms with Gasteiger partial charge in [-0.15, -0.1) is 0 Å². The first-order valence-corrected chi connectivity index (χ1v) is 23.0. The molecule has 1 saturated heterocycles. The first-order chi connectivity index (χ1) is 21.8. The molecule has 0 amide bonds. The third-order valence-corrected chi connectivity index (χ3v) is 27.1. The molecule has 1 heterocycles. The SMILES string of the molecule is c1ccc([As]2O[Si](c3ccccc3)(c3ccccc3)O[As](c3ccccc3)O[Si](c3ccccc3)(c3ccccc3)O2)cc1. The summed E-state index contributed by atoms with van der Waals surface area (Å²) in [6.45, 7) is 0. The second-order valence-corrected chi connectivity index (χ2v) is 24.7. The van der Waals surface area contributed by atoms with Crippen LogP contribution in [0, 0.1) is 0 Å². The summed E-state index contributed by atoms with van der Waals surface area (Å²) < 4.78 is 32.6. The van der Waals surface area contributed by atoms with Crippen molar-refractivity contribution in [2.24, 2.45) is 0 Å². The van der Waals surface area contributed by atoms with E-state index in [4.69, 9.17) is 13.7 Å². The molecule has 0 unspecified atom stereocenters. The summed E-state index contributed by atoms with van der Waals surface area (Å²) in [5.74, 6) is 0. The van der Waals surface area contributed by atoms with Gasteiger partial charge in [-0.3, -0.25) is 0 Å². The molecule has 0 N–H and O–H groups in total. The normalized spacial score (nSPS) is 19.4. The van der Waals surface area contributed by atoms with Crippen LogP contribution in [0.5, 0.6) is 0 Å². The van der Waals surface area contributed by atoms with Gasteiger partial charge in [0.05, 0.1) is 0 Å². The number of rotatable bonds is 6. The summed E-state index contributed by atoms with van der Waals surface area (Å²) in [6.07, 6.45) is 0. The molecule has 1 fully saturated rings. The summed E-state index contributed by atoms with van der Waals surface area (Å²) in [6, 6.07) is 62.5. The minimum atomic E-state index is -3.37. The molecule has 44 heavy (non-hydrogen) atoms. The molecule has 1 aliphatic heterocycles. The maximum atomic E-state index is 7.62. The van der Waals surface area contributed by atoms with Gasteiger partial charge in [0, 0.05) is 0 Å². The van der Waals surface area contributed by atoms with Gasteiger partial charge in [0.15, 0.2) is 0 Å². The molecule has 0 saturated carbocycles.